The summed E-state index contributed by atoms with van der Waals surface area (Å²) in [6.07, 6.45) is 2.50. The van der Waals surface area contributed by atoms with Crippen LogP contribution in [0, 0.1) is 23.3 Å². The Kier molecular flexibility index (Phi) is 9.33. The summed E-state index contributed by atoms with van der Waals surface area (Å²) < 4.78 is 67.1. The molecule has 0 atom stereocenters. The Balaban J connectivity index is 2.41. The van der Waals surface area contributed by atoms with Crippen LogP contribution in [0.2, 0.25) is 8.87 Å². The summed E-state index contributed by atoms with van der Waals surface area (Å²) in [6, 6.07) is 6.21. The zero-order chi connectivity index (χ0) is 23.0. The Morgan fingerprint density at radius 1 is 0.742 bits per heavy atom. The van der Waals surface area contributed by atoms with Gasteiger partial charge in [-0.3, -0.25) is 0 Å². The average molecular weight is 547 g/mol. The van der Waals surface area contributed by atoms with E-state index in [1.54, 1.807) is 0 Å². The Hall–Kier alpha value is -2.10. The fraction of sp³-hybridized carbons (Fsp3) is 0.364. The van der Waals surface area contributed by atoms with Crippen molar-refractivity contribution >= 4 is 31.1 Å². The molecule has 0 bridgehead atoms. The second-order valence-electron chi connectivity index (χ2n) is 7.10. The van der Waals surface area contributed by atoms with Gasteiger partial charge in [0.2, 0.25) is 0 Å². The van der Waals surface area contributed by atoms with Crippen LogP contribution in [0.3, 0.4) is 0 Å². The molecule has 168 valence electrons. The van der Waals surface area contributed by atoms with Crippen molar-refractivity contribution in [1.82, 2.24) is 0 Å². The van der Waals surface area contributed by atoms with Crippen molar-refractivity contribution in [1.29, 1.82) is 0 Å². The van der Waals surface area contributed by atoms with Crippen molar-refractivity contribution in [2.45, 2.75) is 48.4 Å². The van der Waals surface area contributed by atoms with Crippen LogP contribution in [0.25, 0.3) is 0 Å². The van der Waals surface area contributed by atoms with E-state index in [0.717, 1.165) is 24.3 Å². The van der Waals surface area contributed by atoms with Gasteiger partial charge < -0.3 is 0 Å². The number of benzene rings is 2. The van der Waals surface area contributed by atoms with Gasteiger partial charge in [0.15, 0.2) is 0 Å². The average Bonchev–Trinajstić information content (AvgIpc) is 2.74. The van der Waals surface area contributed by atoms with E-state index in [9.17, 15) is 27.2 Å². The van der Waals surface area contributed by atoms with Crippen LogP contribution in [0.1, 0.15) is 60.2 Å². The molecule has 0 fully saturated rings. The Morgan fingerprint density at radius 3 is 1.48 bits per heavy atom. The molecular formula is C22H24F4O4Sn. The van der Waals surface area contributed by atoms with Gasteiger partial charge in [-0.25, -0.2) is 0 Å². The Bertz CT molecular complexity index is 860. The van der Waals surface area contributed by atoms with Gasteiger partial charge in [-0.05, 0) is 0 Å². The van der Waals surface area contributed by atoms with E-state index in [0.29, 0.717) is 25.7 Å². The van der Waals surface area contributed by atoms with Crippen LogP contribution in [-0.2, 0) is 6.15 Å². The quantitative estimate of drug-likeness (QED) is 0.259. The van der Waals surface area contributed by atoms with Gasteiger partial charge in [0.25, 0.3) is 0 Å². The molecule has 0 saturated heterocycles. The molecule has 0 aliphatic carbocycles. The van der Waals surface area contributed by atoms with E-state index < -0.39 is 65.5 Å². The van der Waals surface area contributed by atoms with Crippen LogP contribution in [0.15, 0.2) is 36.4 Å². The van der Waals surface area contributed by atoms with Crippen LogP contribution in [0.5, 0.6) is 0 Å². The van der Waals surface area contributed by atoms with Gasteiger partial charge in [-0.15, -0.1) is 0 Å². The summed E-state index contributed by atoms with van der Waals surface area (Å²) in [5.74, 6) is -7.41. The van der Waals surface area contributed by atoms with Crippen LogP contribution in [-0.4, -0.2) is 31.1 Å². The molecule has 4 nitrogen and oxygen atoms in total. The summed E-state index contributed by atoms with van der Waals surface area (Å²) in [4.78, 5) is 25.4. The molecule has 0 unspecified atom stereocenters. The molecule has 0 saturated carbocycles. The Labute approximate surface area is 183 Å². The standard InChI is InChI=1S/2C7H4F2O2.2C4H9.Sn/c2*8-5-3-1-2-4(6(5)9)7(10)11;2*1-3-4-2;/h2*1-3H,(H,10,11);2*1,3-4H2,2H3;/q;;;;+2/p-2. The first kappa shape index (κ1) is 25.2. The van der Waals surface area contributed by atoms with Crippen molar-refractivity contribution in [3.05, 3.63) is 70.8 Å². The van der Waals surface area contributed by atoms with E-state index in [4.69, 9.17) is 6.15 Å². The van der Waals surface area contributed by atoms with Gasteiger partial charge in [-0.1, -0.05) is 0 Å². The predicted molar refractivity (Wildman–Crippen MR) is 109 cm³/mol. The molecule has 0 heterocycles. The number of hydrogen-bond acceptors (Lipinski definition) is 4. The molecule has 2 rings (SSSR count). The number of halogens is 4. The first-order valence-electron chi connectivity index (χ1n) is 10.1. The first-order chi connectivity index (χ1) is 14.7. The minimum atomic E-state index is -4.63. The molecule has 31 heavy (non-hydrogen) atoms. The molecule has 9 heteroatoms. The maximum atomic E-state index is 14.1. The van der Waals surface area contributed by atoms with Crippen LogP contribution >= 0.6 is 0 Å². The number of carbonyl (C=O) groups excluding carboxylic acids is 2. The molecule has 0 N–H and O–H groups in total. The van der Waals surface area contributed by atoms with Gasteiger partial charge in [0.05, 0.1) is 0 Å². The van der Waals surface area contributed by atoms with Gasteiger partial charge in [0.1, 0.15) is 0 Å². The summed E-state index contributed by atoms with van der Waals surface area (Å²) in [5, 5.41) is 0. The normalized spacial score (nSPS) is 11.3. The zero-order valence-electron chi connectivity index (χ0n) is 17.4. The summed E-state index contributed by atoms with van der Waals surface area (Å²) in [5.41, 5.74) is -1.22. The molecule has 0 aromatic heterocycles. The molecular weight excluding hydrogens is 523 g/mol. The van der Waals surface area contributed by atoms with Gasteiger partial charge >= 0.3 is 184 Å². The SMILES string of the molecule is CCC[CH2][Sn]([CH2]CCC)([O]C(=O)c1cccc(F)c1F)[O]C(=O)c1cccc(F)c1F. The third-order valence-corrected chi connectivity index (χ3v) is 14.3. The van der Waals surface area contributed by atoms with Crippen molar-refractivity contribution < 1.29 is 33.3 Å². The predicted octanol–water partition coefficient (Wildman–Crippen LogP) is 6.30. The molecule has 0 amide bonds. The number of carbonyl (C=O) groups is 2. The third-order valence-electron chi connectivity index (χ3n) is 4.72. The van der Waals surface area contributed by atoms with Gasteiger partial charge in [-0.2, -0.15) is 0 Å². The summed E-state index contributed by atoms with van der Waals surface area (Å²) in [7, 11) is 0. The number of rotatable bonds is 10. The molecule has 0 aliphatic rings. The number of hydrogen-bond donors (Lipinski definition) is 0. The molecule has 0 spiro atoms. The minimum absolute atomic E-state index is 0.260. The number of unbranched alkanes of at least 4 members (excludes halogenated alkanes) is 2. The maximum absolute atomic E-state index is 14.1. The fourth-order valence-electron chi connectivity index (χ4n) is 3.01. The second-order valence-corrected chi connectivity index (χ2v) is 16.3. The van der Waals surface area contributed by atoms with Crippen molar-refractivity contribution in [3.63, 3.8) is 0 Å². The van der Waals surface area contributed by atoms with Crippen molar-refractivity contribution in [2.75, 3.05) is 0 Å². The molecule has 0 aliphatic heterocycles. The summed E-state index contributed by atoms with van der Waals surface area (Å²) >= 11 is -4.63. The van der Waals surface area contributed by atoms with Crippen molar-refractivity contribution in [3.8, 4) is 0 Å². The summed E-state index contributed by atoms with van der Waals surface area (Å²) in [6.45, 7) is 3.77. The van der Waals surface area contributed by atoms with Gasteiger partial charge in [0, 0.05) is 0 Å². The van der Waals surface area contributed by atoms with E-state index in [1.807, 2.05) is 13.8 Å². The third kappa shape index (κ3) is 6.44. The monoisotopic (exact) mass is 548 g/mol. The Morgan fingerprint density at radius 2 is 1.13 bits per heavy atom. The molecule has 2 aromatic carbocycles. The van der Waals surface area contributed by atoms with Crippen molar-refractivity contribution in [2.24, 2.45) is 0 Å². The first-order valence-corrected chi connectivity index (χ1v) is 16.5. The molecule has 0 radical (unpaired) electrons. The topological polar surface area (TPSA) is 52.6 Å². The van der Waals surface area contributed by atoms with E-state index in [-0.39, 0.29) is 8.87 Å². The van der Waals surface area contributed by atoms with E-state index in [1.165, 1.54) is 12.1 Å². The van der Waals surface area contributed by atoms with Crippen LogP contribution in [0.4, 0.5) is 17.6 Å². The van der Waals surface area contributed by atoms with E-state index >= 15 is 0 Å². The second kappa shape index (κ2) is 11.5. The molecule has 2 aromatic rings. The fourth-order valence-corrected chi connectivity index (χ4v) is 12.7. The van der Waals surface area contributed by atoms with E-state index in [2.05, 4.69) is 0 Å². The van der Waals surface area contributed by atoms with Crippen LogP contribution < -0.4 is 0 Å². The zero-order valence-corrected chi connectivity index (χ0v) is 20.2.